The summed E-state index contributed by atoms with van der Waals surface area (Å²) in [5, 5.41) is 3.79. The summed E-state index contributed by atoms with van der Waals surface area (Å²) in [5.41, 5.74) is 1.77. The minimum Gasteiger partial charge on any atom is -0.350 e. The van der Waals surface area contributed by atoms with E-state index >= 15 is 0 Å². The number of hydrogen-bond acceptors (Lipinski definition) is 4. The van der Waals surface area contributed by atoms with Crippen LogP contribution in [-0.2, 0) is 32.6 Å². The fourth-order valence-electron chi connectivity index (χ4n) is 4.87. The number of nitrogens with one attached hydrogen (secondary N) is 1. The van der Waals surface area contributed by atoms with E-state index in [4.69, 9.17) is 34.8 Å². The highest BCUT2D eigenvalue weighted by atomic mass is 35.5. The highest BCUT2D eigenvalue weighted by Gasteiger charge is 2.36. The van der Waals surface area contributed by atoms with Gasteiger partial charge in [0.25, 0.3) is 10.0 Å². The molecule has 1 atom stereocenters. The van der Waals surface area contributed by atoms with Crippen molar-refractivity contribution in [2.45, 2.75) is 57.1 Å². The lowest BCUT2D eigenvalue weighted by molar-refractivity contribution is -0.140. The molecule has 0 fully saturated rings. The van der Waals surface area contributed by atoms with Crippen molar-refractivity contribution >= 4 is 62.3 Å². The molecule has 0 aliphatic heterocycles. The van der Waals surface area contributed by atoms with Gasteiger partial charge in [-0.25, -0.2) is 8.42 Å². The third-order valence-electron chi connectivity index (χ3n) is 7.09. The summed E-state index contributed by atoms with van der Waals surface area (Å²) in [6, 6.07) is 26.0. The van der Waals surface area contributed by atoms with Crippen molar-refractivity contribution < 1.29 is 18.0 Å². The zero-order valence-corrected chi connectivity index (χ0v) is 29.1. The molecule has 0 radical (unpaired) electrons. The number of sulfonamides is 1. The van der Waals surface area contributed by atoms with Gasteiger partial charge >= 0.3 is 0 Å². The van der Waals surface area contributed by atoms with Gasteiger partial charge in [-0.1, -0.05) is 101 Å². The van der Waals surface area contributed by atoms with Crippen LogP contribution in [0, 0.1) is 6.92 Å². The molecule has 0 aliphatic carbocycles. The van der Waals surface area contributed by atoms with E-state index in [-0.39, 0.29) is 33.6 Å². The van der Waals surface area contributed by atoms with Crippen LogP contribution >= 0.6 is 34.8 Å². The number of hydrogen-bond donors (Lipinski definition) is 1. The van der Waals surface area contributed by atoms with Gasteiger partial charge in [0.1, 0.15) is 12.6 Å². The SMILES string of the molecule is Cc1ccc(S(=O)(=O)N(CC(=O)N(Cc2ccccc2Cl)[C@@H](Cc2ccccc2)C(=O)NC(C)(C)C)c2cc(Cl)cc(Cl)c2)cc1. The second-order valence-electron chi connectivity index (χ2n) is 12.0. The second kappa shape index (κ2) is 14.9. The molecule has 4 rings (SSSR count). The third-order valence-corrected chi connectivity index (χ3v) is 9.68. The monoisotopic (exact) mass is 699 g/mol. The molecule has 4 aromatic carbocycles. The lowest BCUT2D eigenvalue weighted by Crippen LogP contribution is -2.56. The van der Waals surface area contributed by atoms with Crippen LogP contribution in [0.2, 0.25) is 15.1 Å². The van der Waals surface area contributed by atoms with E-state index in [9.17, 15) is 18.0 Å². The second-order valence-corrected chi connectivity index (χ2v) is 15.2. The Hall–Kier alpha value is -3.56. The van der Waals surface area contributed by atoms with Crippen molar-refractivity contribution in [2.75, 3.05) is 10.8 Å². The van der Waals surface area contributed by atoms with Crippen LogP contribution in [0.15, 0.2) is 102 Å². The van der Waals surface area contributed by atoms with Gasteiger partial charge in [-0.15, -0.1) is 0 Å². The number of nitrogens with zero attached hydrogens (tertiary/aromatic N) is 2. The number of carbonyl (C=O) groups is 2. The van der Waals surface area contributed by atoms with Crippen LogP contribution in [0.25, 0.3) is 0 Å². The molecule has 0 heterocycles. The quantitative estimate of drug-likeness (QED) is 0.174. The van der Waals surface area contributed by atoms with E-state index in [2.05, 4.69) is 5.32 Å². The molecule has 46 heavy (non-hydrogen) atoms. The number of carbonyl (C=O) groups excluding carboxylic acids is 2. The van der Waals surface area contributed by atoms with E-state index < -0.39 is 40.0 Å². The zero-order chi connectivity index (χ0) is 33.6. The largest absolute Gasteiger partial charge is 0.350 e. The Morgan fingerprint density at radius 1 is 0.826 bits per heavy atom. The Labute approximate surface area is 286 Å². The minimum atomic E-state index is -4.31. The number of anilines is 1. The van der Waals surface area contributed by atoms with Crippen LogP contribution < -0.4 is 9.62 Å². The molecular formula is C35H36Cl3N3O4S. The van der Waals surface area contributed by atoms with Gasteiger partial charge in [0.05, 0.1) is 10.6 Å². The standard InChI is InChI=1S/C35H36Cl3N3O4S/c1-24-14-16-30(17-15-24)46(44,45)41(29-20-27(36)19-28(37)21-29)23-33(42)40(22-26-12-8-9-13-31(26)38)32(34(43)39-35(2,3)4)18-25-10-6-5-7-11-25/h5-17,19-21,32H,18,22-23H2,1-4H3,(H,39,43)/t32-/m0/s1. The van der Waals surface area contributed by atoms with Crippen molar-refractivity contribution in [1.82, 2.24) is 10.2 Å². The summed E-state index contributed by atoms with van der Waals surface area (Å²) in [7, 11) is -4.31. The molecule has 4 aromatic rings. The third kappa shape index (κ3) is 9.26. The molecule has 0 unspecified atom stereocenters. The fourth-order valence-corrected chi connectivity index (χ4v) is 6.97. The smallest absolute Gasteiger partial charge is 0.264 e. The van der Waals surface area contributed by atoms with E-state index in [1.54, 1.807) is 36.4 Å². The molecule has 0 spiro atoms. The van der Waals surface area contributed by atoms with Crippen LogP contribution in [0.4, 0.5) is 5.69 Å². The van der Waals surface area contributed by atoms with Gasteiger partial charge < -0.3 is 10.2 Å². The first-order valence-corrected chi connectivity index (χ1v) is 17.2. The summed E-state index contributed by atoms with van der Waals surface area (Å²) < 4.78 is 29.3. The van der Waals surface area contributed by atoms with Gasteiger partial charge in [0.15, 0.2) is 0 Å². The van der Waals surface area contributed by atoms with E-state index in [0.717, 1.165) is 15.4 Å². The molecule has 0 saturated heterocycles. The molecule has 0 saturated carbocycles. The van der Waals surface area contributed by atoms with Crippen LogP contribution in [0.5, 0.6) is 0 Å². The van der Waals surface area contributed by atoms with Gasteiger partial charge in [-0.3, -0.25) is 13.9 Å². The summed E-state index contributed by atoms with van der Waals surface area (Å²) >= 11 is 19.2. The Kier molecular flexibility index (Phi) is 11.4. The summed E-state index contributed by atoms with van der Waals surface area (Å²) in [4.78, 5) is 29.9. The summed E-state index contributed by atoms with van der Waals surface area (Å²) in [6.45, 7) is 6.70. The molecule has 1 N–H and O–H groups in total. The Bertz CT molecular complexity index is 1770. The van der Waals surface area contributed by atoms with E-state index in [1.165, 1.54) is 35.2 Å². The number of halogens is 3. The maximum absolute atomic E-state index is 14.6. The number of rotatable bonds is 11. The van der Waals surface area contributed by atoms with Crippen LogP contribution in [0.1, 0.15) is 37.5 Å². The molecule has 0 bridgehead atoms. The molecule has 242 valence electrons. The Morgan fingerprint density at radius 2 is 1.41 bits per heavy atom. The average molecular weight is 701 g/mol. The average Bonchev–Trinajstić information content (AvgIpc) is 2.97. The highest BCUT2D eigenvalue weighted by molar-refractivity contribution is 7.92. The van der Waals surface area contributed by atoms with Gasteiger partial charge in [-0.2, -0.15) is 0 Å². The summed E-state index contributed by atoms with van der Waals surface area (Å²) in [5.74, 6) is -1.02. The van der Waals surface area contributed by atoms with Gasteiger partial charge in [-0.05, 0) is 75.2 Å². The number of benzene rings is 4. The normalized spacial score (nSPS) is 12.3. The van der Waals surface area contributed by atoms with E-state index in [1.807, 2.05) is 58.0 Å². The van der Waals surface area contributed by atoms with Crippen LogP contribution in [0.3, 0.4) is 0 Å². The van der Waals surface area contributed by atoms with Gasteiger partial charge in [0.2, 0.25) is 11.8 Å². The van der Waals surface area contributed by atoms with Crippen molar-refractivity contribution in [3.8, 4) is 0 Å². The highest BCUT2D eigenvalue weighted by Crippen LogP contribution is 2.31. The molecule has 0 aromatic heterocycles. The first kappa shape index (κ1) is 35.3. The Morgan fingerprint density at radius 3 is 2.00 bits per heavy atom. The maximum atomic E-state index is 14.6. The fraction of sp³-hybridized carbons (Fsp3) is 0.257. The first-order valence-electron chi connectivity index (χ1n) is 14.6. The van der Waals surface area contributed by atoms with E-state index in [0.29, 0.717) is 10.6 Å². The number of amides is 2. The van der Waals surface area contributed by atoms with Crippen molar-refractivity contribution in [3.63, 3.8) is 0 Å². The number of aryl methyl sites for hydroxylation is 1. The first-order chi connectivity index (χ1) is 21.6. The topological polar surface area (TPSA) is 86.8 Å². The lowest BCUT2D eigenvalue weighted by atomic mass is 10.0. The molecule has 0 aliphatic rings. The predicted molar refractivity (Wildman–Crippen MR) is 186 cm³/mol. The van der Waals surface area contributed by atoms with Gasteiger partial charge in [0, 0.05) is 33.6 Å². The molecular weight excluding hydrogens is 665 g/mol. The van der Waals surface area contributed by atoms with Crippen LogP contribution in [-0.4, -0.2) is 43.3 Å². The summed E-state index contributed by atoms with van der Waals surface area (Å²) in [6.07, 6.45) is 0.173. The molecule has 11 heteroatoms. The van der Waals surface area contributed by atoms with Crippen molar-refractivity contribution in [3.05, 3.63) is 129 Å². The van der Waals surface area contributed by atoms with Crippen molar-refractivity contribution in [2.24, 2.45) is 0 Å². The molecule has 2 amide bonds. The minimum absolute atomic E-state index is 0.0223. The van der Waals surface area contributed by atoms with Crippen molar-refractivity contribution in [1.29, 1.82) is 0 Å². The maximum Gasteiger partial charge on any atom is 0.264 e. The molecule has 7 nitrogen and oxygen atoms in total. The zero-order valence-electron chi connectivity index (χ0n) is 26.0. The Balaban J connectivity index is 1.85. The lowest BCUT2D eigenvalue weighted by Gasteiger charge is -2.35. The predicted octanol–water partition coefficient (Wildman–Crippen LogP) is 7.71.